The summed E-state index contributed by atoms with van der Waals surface area (Å²) >= 11 is 0. The standard InChI is InChI=1S/C16H19NO/c1-5-14-7-9-15(11(2)10-14)18-16-8-6-12(3)17-13(16)4/h6-10H,5H2,1-4H3. The maximum absolute atomic E-state index is 5.93. The molecule has 0 saturated carbocycles. The number of benzene rings is 1. The van der Waals surface area contributed by atoms with E-state index in [9.17, 15) is 0 Å². The zero-order valence-electron chi connectivity index (χ0n) is 11.4. The van der Waals surface area contributed by atoms with Crippen LogP contribution in [0.25, 0.3) is 0 Å². The largest absolute Gasteiger partial charge is 0.455 e. The van der Waals surface area contributed by atoms with Crippen LogP contribution in [-0.4, -0.2) is 4.98 Å². The lowest BCUT2D eigenvalue weighted by molar-refractivity contribution is 0.471. The van der Waals surface area contributed by atoms with Crippen LogP contribution in [0.15, 0.2) is 30.3 Å². The molecule has 1 aromatic heterocycles. The predicted molar refractivity (Wildman–Crippen MR) is 74.3 cm³/mol. The van der Waals surface area contributed by atoms with Gasteiger partial charge in [-0.15, -0.1) is 0 Å². The molecule has 0 amide bonds. The normalized spacial score (nSPS) is 10.4. The molecule has 1 heterocycles. The van der Waals surface area contributed by atoms with Crippen molar-refractivity contribution >= 4 is 0 Å². The number of nitrogens with zero attached hydrogens (tertiary/aromatic N) is 1. The Morgan fingerprint density at radius 3 is 2.33 bits per heavy atom. The van der Waals surface area contributed by atoms with Crippen molar-refractivity contribution < 1.29 is 4.74 Å². The van der Waals surface area contributed by atoms with Crippen molar-refractivity contribution in [2.75, 3.05) is 0 Å². The maximum atomic E-state index is 5.93. The van der Waals surface area contributed by atoms with Crippen LogP contribution in [-0.2, 0) is 6.42 Å². The van der Waals surface area contributed by atoms with Crippen LogP contribution in [0.4, 0.5) is 0 Å². The van der Waals surface area contributed by atoms with Crippen LogP contribution >= 0.6 is 0 Å². The first-order chi connectivity index (χ1) is 8.60. The second-order valence-corrected chi connectivity index (χ2v) is 4.59. The van der Waals surface area contributed by atoms with Gasteiger partial charge in [0, 0.05) is 5.69 Å². The summed E-state index contributed by atoms with van der Waals surface area (Å²) in [7, 11) is 0. The van der Waals surface area contributed by atoms with E-state index in [0.29, 0.717) is 0 Å². The second-order valence-electron chi connectivity index (χ2n) is 4.59. The highest BCUT2D eigenvalue weighted by atomic mass is 16.5. The fourth-order valence-corrected chi connectivity index (χ4v) is 1.95. The Labute approximate surface area is 109 Å². The highest BCUT2D eigenvalue weighted by molar-refractivity contribution is 5.41. The molecule has 18 heavy (non-hydrogen) atoms. The van der Waals surface area contributed by atoms with Crippen molar-refractivity contribution in [2.24, 2.45) is 0 Å². The number of aryl methyl sites for hydroxylation is 4. The SMILES string of the molecule is CCc1ccc(Oc2ccc(C)nc2C)c(C)c1. The molecule has 0 N–H and O–H groups in total. The van der Waals surface area contributed by atoms with E-state index in [4.69, 9.17) is 4.74 Å². The van der Waals surface area contributed by atoms with Gasteiger partial charge in [0.2, 0.25) is 0 Å². The highest BCUT2D eigenvalue weighted by Crippen LogP contribution is 2.27. The predicted octanol–water partition coefficient (Wildman–Crippen LogP) is 4.36. The molecule has 0 bridgehead atoms. The molecule has 0 saturated heterocycles. The molecule has 0 atom stereocenters. The van der Waals surface area contributed by atoms with Gasteiger partial charge in [-0.05, 0) is 56.5 Å². The molecule has 2 heteroatoms. The summed E-state index contributed by atoms with van der Waals surface area (Å²) in [6, 6.07) is 10.3. The second kappa shape index (κ2) is 5.21. The average molecular weight is 241 g/mol. The first-order valence-corrected chi connectivity index (χ1v) is 6.31. The van der Waals surface area contributed by atoms with Crippen molar-refractivity contribution in [3.05, 3.63) is 52.8 Å². The average Bonchev–Trinajstić information content (AvgIpc) is 2.34. The monoisotopic (exact) mass is 241 g/mol. The molecule has 0 aliphatic heterocycles. The fourth-order valence-electron chi connectivity index (χ4n) is 1.95. The number of hydrogen-bond acceptors (Lipinski definition) is 2. The summed E-state index contributed by atoms with van der Waals surface area (Å²) in [6.07, 6.45) is 1.05. The van der Waals surface area contributed by atoms with Crippen LogP contribution in [0, 0.1) is 20.8 Å². The Balaban J connectivity index is 2.28. The van der Waals surface area contributed by atoms with E-state index < -0.39 is 0 Å². The van der Waals surface area contributed by atoms with Crippen molar-refractivity contribution in [3.63, 3.8) is 0 Å². The summed E-state index contributed by atoms with van der Waals surface area (Å²) in [5.74, 6) is 1.73. The zero-order chi connectivity index (χ0) is 13.1. The van der Waals surface area contributed by atoms with Crippen molar-refractivity contribution in [3.8, 4) is 11.5 Å². The third-order valence-electron chi connectivity index (χ3n) is 3.04. The summed E-state index contributed by atoms with van der Waals surface area (Å²) < 4.78 is 5.93. The van der Waals surface area contributed by atoms with E-state index in [1.54, 1.807) is 0 Å². The van der Waals surface area contributed by atoms with Gasteiger partial charge in [0.15, 0.2) is 0 Å². The molecule has 2 nitrogen and oxygen atoms in total. The van der Waals surface area contributed by atoms with E-state index in [1.807, 2.05) is 32.0 Å². The molecule has 0 aliphatic rings. The van der Waals surface area contributed by atoms with Crippen molar-refractivity contribution in [1.29, 1.82) is 0 Å². The van der Waals surface area contributed by atoms with E-state index in [2.05, 4.69) is 31.0 Å². The van der Waals surface area contributed by atoms with Gasteiger partial charge in [0.05, 0.1) is 5.69 Å². The van der Waals surface area contributed by atoms with Gasteiger partial charge >= 0.3 is 0 Å². The molecule has 1 aromatic carbocycles. The minimum atomic E-state index is 0.827. The Kier molecular flexibility index (Phi) is 3.66. The Hall–Kier alpha value is -1.83. The first kappa shape index (κ1) is 12.6. The fraction of sp³-hybridized carbons (Fsp3) is 0.312. The third-order valence-corrected chi connectivity index (χ3v) is 3.04. The van der Waals surface area contributed by atoms with Crippen LogP contribution in [0.3, 0.4) is 0 Å². The van der Waals surface area contributed by atoms with E-state index in [1.165, 1.54) is 5.56 Å². The summed E-state index contributed by atoms with van der Waals surface area (Å²) in [5, 5.41) is 0. The minimum absolute atomic E-state index is 0.827. The smallest absolute Gasteiger partial charge is 0.148 e. The number of ether oxygens (including phenoxy) is 1. The molecule has 2 rings (SSSR count). The molecule has 94 valence electrons. The van der Waals surface area contributed by atoms with Gasteiger partial charge in [-0.3, -0.25) is 4.98 Å². The lowest BCUT2D eigenvalue weighted by Gasteiger charge is -2.11. The zero-order valence-corrected chi connectivity index (χ0v) is 11.4. The third kappa shape index (κ3) is 2.70. The van der Waals surface area contributed by atoms with Gasteiger partial charge in [-0.2, -0.15) is 0 Å². The van der Waals surface area contributed by atoms with Crippen LogP contribution < -0.4 is 4.74 Å². The molecule has 0 spiro atoms. The molecule has 0 aliphatic carbocycles. The van der Waals surface area contributed by atoms with Crippen molar-refractivity contribution in [2.45, 2.75) is 34.1 Å². The lowest BCUT2D eigenvalue weighted by Crippen LogP contribution is -1.94. The molecular weight excluding hydrogens is 222 g/mol. The van der Waals surface area contributed by atoms with Crippen LogP contribution in [0.2, 0.25) is 0 Å². The molecule has 0 fully saturated rings. The number of rotatable bonds is 3. The Morgan fingerprint density at radius 2 is 1.72 bits per heavy atom. The van der Waals surface area contributed by atoms with Crippen molar-refractivity contribution in [1.82, 2.24) is 4.98 Å². The van der Waals surface area contributed by atoms with Gasteiger partial charge in [-0.1, -0.05) is 19.1 Å². The molecule has 2 aromatic rings. The minimum Gasteiger partial charge on any atom is -0.455 e. The topological polar surface area (TPSA) is 22.1 Å². The van der Waals surface area contributed by atoms with Gasteiger partial charge in [0.1, 0.15) is 11.5 Å². The van der Waals surface area contributed by atoms with Crippen LogP contribution in [0.5, 0.6) is 11.5 Å². The van der Waals surface area contributed by atoms with E-state index in [-0.39, 0.29) is 0 Å². The summed E-state index contributed by atoms with van der Waals surface area (Å²) in [5.41, 5.74) is 4.43. The van der Waals surface area contributed by atoms with Gasteiger partial charge in [0.25, 0.3) is 0 Å². The van der Waals surface area contributed by atoms with Gasteiger partial charge in [-0.25, -0.2) is 0 Å². The molecule has 0 unspecified atom stereocenters. The quantitative estimate of drug-likeness (QED) is 0.796. The maximum Gasteiger partial charge on any atom is 0.148 e. The Bertz CT molecular complexity index is 561. The van der Waals surface area contributed by atoms with Crippen LogP contribution in [0.1, 0.15) is 29.4 Å². The molecular formula is C16H19NO. The highest BCUT2D eigenvalue weighted by Gasteiger charge is 2.05. The number of aromatic nitrogens is 1. The number of hydrogen-bond donors (Lipinski definition) is 0. The number of pyridine rings is 1. The Morgan fingerprint density at radius 1 is 1.00 bits per heavy atom. The summed E-state index contributed by atoms with van der Waals surface area (Å²) in [6.45, 7) is 8.19. The molecule has 0 radical (unpaired) electrons. The summed E-state index contributed by atoms with van der Waals surface area (Å²) in [4.78, 5) is 4.41. The van der Waals surface area contributed by atoms with E-state index in [0.717, 1.165) is 34.9 Å². The first-order valence-electron chi connectivity index (χ1n) is 6.31. The van der Waals surface area contributed by atoms with Gasteiger partial charge < -0.3 is 4.74 Å². The van der Waals surface area contributed by atoms with E-state index >= 15 is 0 Å². The lowest BCUT2D eigenvalue weighted by atomic mass is 10.1.